The van der Waals surface area contributed by atoms with Gasteiger partial charge in [-0.3, -0.25) is 14.4 Å². The standard InChI is InChI=1S/C27H31N3O7S/c1-5-15-29-21-10-7-6-9-20(21)27(26(29)34)22(24(32)25(33)30(27)16-8-17-37-4)23(31)18-11-13-19(14-12-18)38(35,36)28(2)3/h6-7,9-14,31H,5,8,15-17H2,1-4H3/b23-22+. The fourth-order valence-corrected chi connectivity index (χ4v) is 6.02. The van der Waals surface area contributed by atoms with Gasteiger partial charge in [-0.25, -0.2) is 12.7 Å². The van der Waals surface area contributed by atoms with Crippen LogP contribution in [0.5, 0.6) is 0 Å². The number of anilines is 1. The molecular formula is C27H31N3O7S. The van der Waals surface area contributed by atoms with Crippen molar-refractivity contribution in [3.8, 4) is 0 Å². The number of amides is 2. The Morgan fingerprint density at radius 1 is 1.03 bits per heavy atom. The molecule has 38 heavy (non-hydrogen) atoms. The second kappa shape index (κ2) is 10.3. The van der Waals surface area contributed by atoms with E-state index in [2.05, 4.69) is 0 Å². The van der Waals surface area contributed by atoms with Crippen molar-refractivity contribution in [2.24, 2.45) is 0 Å². The molecule has 10 nitrogen and oxygen atoms in total. The topological polar surface area (TPSA) is 125 Å². The monoisotopic (exact) mass is 541 g/mol. The molecule has 0 aliphatic carbocycles. The highest BCUT2D eigenvalue weighted by Crippen LogP contribution is 2.53. The lowest BCUT2D eigenvalue weighted by Crippen LogP contribution is -2.52. The summed E-state index contributed by atoms with van der Waals surface area (Å²) in [6, 6.07) is 12.3. The van der Waals surface area contributed by atoms with Gasteiger partial charge in [-0.2, -0.15) is 0 Å². The number of Topliss-reactive ketones (excluding diaryl/α,β-unsaturated/α-hetero) is 1. The molecule has 0 aromatic heterocycles. The average molecular weight is 542 g/mol. The number of para-hydroxylation sites is 1. The number of likely N-dealkylation sites (tertiary alicyclic amines) is 1. The smallest absolute Gasteiger partial charge is 0.296 e. The molecule has 2 aromatic rings. The number of fused-ring (bicyclic) bond motifs is 2. The number of ketones is 1. The summed E-state index contributed by atoms with van der Waals surface area (Å²) in [6.07, 6.45) is 1.00. The highest BCUT2D eigenvalue weighted by Gasteiger charge is 2.66. The van der Waals surface area contributed by atoms with E-state index in [4.69, 9.17) is 4.74 Å². The van der Waals surface area contributed by atoms with Gasteiger partial charge in [0.25, 0.3) is 17.6 Å². The maximum absolute atomic E-state index is 14.2. The molecule has 0 bridgehead atoms. The van der Waals surface area contributed by atoms with E-state index in [0.717, 1.165) is 4.31 Å². The van der Waals surface area contributed by atoms with E-state index in [-0.39, 0.29) is 22.6 Å². The number of hydrogen-bond acceptors (Lipinski definition) is 7. The van der Waals surface area contributed by atoms with Crippen LogP contribution in [0.2, 0.25) is 0 Å². The molecule has 2 heterocycles. The average Bonchev–Trinajstić information content (AvgIpc) is 3.27. The van der Waals surface area contributed by atoms with Gasteiger partial charge in [0.2, 0.25) is 10.0 Å². The molecule has 1 atom stereocenters. The quantitative estimate of drug-likeness (QED) is 0.224. The first-order valence-corrected chi connectivity index (χ1v) is 13.7. The number of ether oxygens (including phenoxy) is 1. The molecule has 1 fully saturated rings. The van der Waals surface area contributed by atoms with Crippen LogP contribution in [0, 0.1) is 0 Å². The Morgan fingerprint density at radius 3 is 2.29 bits per heavy atom. The fourth-order valence-electron chi connectivity index (χ4n) is 5.12. The minimum absolute atomic E-state index is 0.00908. The molecule has 11 heteroatoms. The predicted molar refractivity (Wildman–Crippen MR) is 141 cm³/mol. The molecule has 1 N–H and O–H groups in total. The number of benzene rings is 2. The van der Waals surface area contributed by atoms with Gasteiger partial charge in [0.1, 0.15) is 5.76 Å². The van der Waals surface area contributed by atoms with Crippen molar-refractivity contribution >= 4 is 39.1 Å². The largest absolute Gasteiger partial charge is 0.507 e. The third-order valence-electron chi connectivity index (χ3n) is 6.89. The summed E-state index contributed by atoms with van der Waals surface area (Å²) in [4.78, 5) is 44.0. The Morgan fingerprint density at radius 2 is 1.68 bits per heavy atom. The lowest BCUT2D eigenvalue weighted by atomic mass is 9.82. The first-order chi connectivity index (χ1) is 18.0. The van der Waals surface area contributed by atoms with Crippen molar-refractivity contribution in [1.29, 1.82) is 0 Å². The van der Waals surface area contributed by atoms with Crippen LogP contribution in [0.4, 0.5) is 5.69 Å². The number of carbonyl (C=O) groups excluding carboxylic acids is 3. The van der Waals surface area contributed by atoms with Crippen LogP contribution >= 0.6 is 0 Å². The van der Waals surface area contributed by atoms with Crippen LogP contribution < -0.4 is 4.90 Å². The summed E-state index contributed by atoms with van der Waals surface area (Å²) in [7, 11) is 0.589. The first kappa shape index (κ1) is 27.5. The van der Waals surface area contributed by atoms with E-state index in [1.54, 1.807) is 29.2 Å². The maximum Gasteiger partial charge on any atom is 0.296 e. The van der Waals surface area contributed by atoms with E-state index in [0.29, 0.717) is 37.2 Å². The highest BCUT2D eigenvalue weighted by molar-refractivity contribution is 7.89. The third kappa shape index (κ3) is 4.01. The molecule has 0 saturated carbocycles. The normalized spacial score (nSPS) is 20.7. The van der Waals surface area contributed by atoms with Crippen molar-refractivity contribution in [3.05, 3.63) is 65.2 Å². The summed E-state index contributed by atoms with van der Waals surface area (Å²) < 4.78 is 31.2. The lowest BCUT2D eigenvalue weighted by molar-refractivity contribution is -0.143. The van der Waals surface area contributed by atoms with Crippen molar-refractivity contribution in [2.45, 2.75) is 30.2 Å². The fraction of sp³-hybridized carbons (Fsp3) is 0.370. The van der Waals surface area contributed by atoms with Crippen LogP contribution in [-0.2, 0) is 34.7 Å². The number of rotatable bonds is 9. The zero-order valence-corrected chi connectivity index (χ0v) is 22.6. The highest BCUT2D eigenvalue weighted by atomic mass is 32.2. The Kier molecular flexibility index (Phi) is 7.46. The van der Waals surface area contributed by atoms with E-state index in [9.17, 15) is 27.9 Å². The van der Waals surface area contributed by atoms with Gasteiger partial charge >= 0.3 is 0 Å². The molecule has 1 spiro atoms. The Balaban J connectivity index is 1.97. The second-order valence-electron chi connectivity index (χ2n) is 9.35. The van der Waals surface area contributed by atoms with Crippen molar-refractivity contribution in [1.82, 2.24) is 9.21 Å². The van der Waals surface area contributed by atoms with Crippen LogP contribution in [0.25, 0.3) is 5.76 Å². The van der Waals surface area contributed by atoms with Crippen LogP contribution in [0.3, 0.4) is 0 Å². The first-order valence-electron chi connectivity index (χ1n) is 12.3. The van der Waals surface area contributed by atoms with Gasteiger partial charge in [0.15, 0.2) is 5.54 Å². The van der Waals surface area contributed by atoms with Gasteiger partial charge in [0, 0.05) is 52.0 Å². The summed E-state index contributed by atoms with van der Waals surface area (Å²) in [5.74, 6) is -2.92. The number of carbonyl (C=O) groups is 3. The van der Waals surface area contributed by atoms with Crippen molar-refractivity contribution in [3.63, 3.8) is 0 Å². The third-order valence-corrected chi connectivity index (χ3v) is 8.72. The summed E-state index contributed by atoms with van der Waals surface area (Å²) in [5, 5.41) is 11.5. The number of aliphatic hydroxyl groups excluding tert-OH is 1. The molecule has 2 aliphatic heterocycles. The molecule has 4 rings (SSSR count). The zero-order chi connectivity index (χ0) is 27.8. The number of aliphatic hydroxyl groups is 1. The van der Waals surface area contributed by atoms with Gasteiger partial charge in [-0.05, 0) is 43.2 Å². The minimum atomic E-state index is -3.73. The molecule has 2 aromatic carbocycles. The summed E-state index contributed by atoms with van der Waals surface area (Å²) >= 11 is 0. The van der Waals surface area contributed by atoms with Gasteiger partial charge in [-0.1, -0.05) is 25.1 Å². The molecule has 0 radical (unpaired) electrons. The van der Waals surface area contributed by atoms with Crippen LogP contribution in [0.15, 0.2) is 59.0 Å². The number of nitrogens with zero attached hydrogens (tertiary/aromatic N) is 3. The predicted octanol–water partition coefficient (Wildman–Crippen LogP) is 2.31. The second-order valence-corrected chi connectivity index (χ2v) is 11.5. The molecule has 202 valence electrons. The number of methoxy groups -OCH3 is 1. The SMILES string of the molecule is CCCN1C(=O)C2(/C(=C(/O)c3ccc(S(=O)(=O)N(C)C)cc3)C(=O)C(=O)N2CCCOC)c2ccccc21. The van der Waals surface area contributed by atoms with Crippen molar-refractivity contribution in [2.75, 3.05) is 45.8 Å². The maximum atomic E-state index is 14.2. The van der Waals surface area contributed by atoms with E-state index in [1.807, 2.05) is 6.92 Å². The molecule has 1 saturated heterocycles. The van der Waals surface area contributed by atoms with E-state index < -0.39 is 38.9 Å². The molecule has 1 unspecified atom stereocenters. The van der Waals surface area contributed by atoms with Crippen LogP contribution in [0.1, 0.15) is 30.9 Å². The van der Waals surface area contributed by atoms with Gasteiger partial charge in [-0.15, -0.1) is 0 Å². The Hall–Kier alpha value is -3.54. The Labute approximate surface area is 222 Å². The lowest BCUT2D eigenvalue weighted by Gasteiger charge is -2.34. The van der Waals surface area contributed by atoms with E-state index in [1.165, 1.54) is 50.4 Å². The number of hydrogen-bond donors (Lipinski definition) is 1. The van der Waals surface area contributed by atoms with Crippen LogP contribution in [-0.4, -0.2) is 81.2 Å². The molecule has 2 amide bonds. The zero-order valence-electron chi connectivity index (χ0n) is 21.8. The van der Waals surface area contributed by atoms with Gasteiger partial charge < -0.3 is 19.6 Å². The summed E-state index contributed by atoms with van der Waals surface area (Å²) in [6.45, 7) is 2.63. The van der Waals surface area contributed by atoms with Crippen molar-refractivity contribution < 1.29 is 32.6 Å². The number of sulfonamides is 1. The Bertz CT molecular complexity index is 1420. The van der Waals surface area contributed by atoms with Gasteiger partial charge in [0.05, 0.1) is 16.2 Å². The van der Waals surface area contributed by atoms with E-state index >= 15 is 0 Å². The molecular weight excluding hydrogens is 510 g/mol. The molecule has 2 aliphatic rings. The summed E-state index contributed by atoms with van der Waals surface area (Å²) in [5.41, 5.74) is -1.08. The minimum Gasteiger partial charge on any atom is -0.507 e.